The summed E-state index contributed by atoms with van der Waals surface area (Å²) in [6.45, 7) is 5.28. The Morgan fingerprint density at radius 1 is 1.14 bits per heavy atom. The van der Waals surface area contributed by atoms with E-state index in [-0.39, 0.29) is 42.0 Å². The molecule has 160 valence electrons. The van der Waals surface area contributed by atoms with Gasteiger partial charge in [0.1, 0.15) is 5.82 Å². The highest BCUT2D eigenvalue weighted by atomic mass is 127. The van der Waals surface area contributed by atoms with Crippen molar-refractivity contribution in [3.05, 3.63) is 65.5 Å². The second-order valence-electron chi connectivity index (χ2n) is 6.91. The second-order valence-corrected chi connectivity index (χ2v) is 8.68. The quantitative estimate of drug-likeness (QED) is 0.261. The van der Waals surface area contributed by atoms with Crippen LogP contribution >= 0.6 is 24.0 Å². The Hall–Kier alpha value is -1.72. The van der Waals surface area contributed by atoms with Gasteiger partial charge in [-0.3, -0.25) is 0 Å². The lowest BCUT2D eigenvalue weighted by molar-refractivity contribution is 0.576. The summed E-state index contributed by atoms with van der Waals surface area (Å²) in [5.74, 6) is 0.497. The molecule has 2 rings (SSSR count). The molecule has 0 radical (unpaired) electrons. The Labute approximate surface area is 189 Å². The fraction of sp³-hybridized carbons (Fsp3) is 0.350. The van der Waals surface area contributed by atoms with Gasteiger partial charge in [-0.2, -0.15) is 0 Å². The molecular formula is C20H28FIN4O2S. The molecule has 4 N–H and O–H groups in total. The van der Waals surface area contributed by atoms with Gasteiger partial charge in [-0.1, -0.05) is 38.1 Å². The minimum absolute atomic E-state index is 0. The van der Waals surface area contributed by atoms with E-state index in [0.29, 0.717) is 17.4 Å². The van der Waals surface area contributed by atoms with Crippen LogP contribution in [0.25, 0.3) is 0 Å². The van der Waals surface area contributed by atoms with E-state index in [0.717, 1.165) is 18.5 Å². The molecule has 29 heavy (non-hydrogen) atoms. The Morgan fingerprint density at radius 3 is 2.52 bits per heavy atom. The van der Waals surface area contributed by atoms with Gasteiger partial charge in [0.25, 0.3) is 0 Å². The molecule has 0 aliphatic carbocycles. The highest BCUT2D eigenvalue weighted by Crippen LogP contribution is 2.13. The SMILES string of the molecule is CC(C)CCNC(N)=NCc1cccc(S(=O)(=O)NCc2cccc(F)c2)c1.I. The fourth-order valence-electron chi connectivity index (χ4n) is 2.44. The van der Waals surface area contributed by atoms with Crippen LogP contribution in [-0.2, 0) is 23.1 Å². The van der Waals surface area contributed by atoms with Crippen LogP contribution in [0.3, 0.4) is 0 Å². The number of nitrogens with one attached hydrogen (secondary N) is 2. The lowest BCUT2D eigenvalue weighted by atomic mass is 10.1. The zero-order valence-corrected chi connectivity index (χ0v) is 19.7. The molecule has 0 aliphatic heterocycles. The van der Waals surface area contributed by atoms with Crippen molar-refractivity contribution >= 4 is 40.0 Å². The summed E-state index contributed by atoms with van der Waals surface area (Å²) in [5.41, 5.74) is 7.10. The van der Waals surface area contributed by atoms with Crippen LogP contribution < -0.4 is 15.8 Å². The number of benzene rings is 2. The van der Waals surface area contributed by atoms with Crippen molar-refractivity contribution in [2.24, 2.45) is 16.6 Å². The molecule has 0 fully saturated rings. The van der Waals surface area contributed by atoms with Crippen LogP contribution in [0.2, 0.25) is 0 Å². The Kier molecular flexibility index (Phi) is 10.5. The Bertz CT molecular complexity index is 920. The van der Waals surface area contributed by atoms with Gasteiger partial charge in [-0.05, 0) is 47.7 Å². The average Bonchev–Trinajstić information content (AvgIpc) is 2.65. The Balaban J connectivity index is 0.00000420. The van der Waals surface area contributed by atoms with Gasteiger partial charge in [0.05, 0.1) is 11.4 Å². The number of halogens is 2. The van der Waals surface area contributed by atoms with E-state index in [1.54, 1.807) is 24.3 Å². The van der Waals surface area contributed by atoms with Crippen molar-refractivity contribution in [3.8, 4) is 0 Å². The molecule has 0 amide bonds. The maximum Gasteiger partial charge on any atom is 0.240 e. The number of hydrogen-bond donors (Lipinski definition) is 3. The summed E-state index contributed by atoms with van der Waals surface area (Å²) in [7, 11) is -3.72. The summed E-state index contributed by atoms with van der Waals surface area (Å²) >= 11 is 0. The number of hydrogen-bond acceptors (Lipinski definition) is 3. The first-order chi connectivity index (χ1) is 13.3. The van der Waals surface area contributed by atoms with Crippen molar-refractivity contribution in [1.82, 2.24) is 10.0 Å². The maximum atomic E-state index is 13.2. The highest BCUT2D eigenvalue weighted by molar-refractivity contribution is 14.0. The van der Waals surface area contributed by atoms with Gasteiger partial charge in [0.15, 0.2) is 5.96 Å². The van der Waals surface area contributed by atoms with E-state index >= 15 is 0 Å². The first kappa shape index (κ1) is 25.3. The minimum atomic E-state index is -3.72. The molecule has 0 unspecified atom stereocenters. The normalized spacial score (nSPS) is 11.9. The van der Waals surface area contributed by atoms with E-state index in [4.69, 9.17) is 5.73 Å². The molecule has 0 bridgehead atoms. The van der Waals surface area contributed by atoms with E-state index in [9.17, 15) is 12.8 Å². The highest BCUT2D eigenvalue weighted by Gasteiger charge is 2.14. The summed E-state index contributed by atoms with van der Waals surface area (Å²) in [4.78, 5) is 4.37. The zero-order valence-electron chi connectivity index (χ0n) is 16.6. The molecule has 2 aromatic carbocycles. The third-order valence-corrected chi connectivity index (χ3v) is 5.42. The number of sulfonamides is 1. The molecule has 0 spiro atoms. The molecule has 0 saturated heterocycles. The number of guanidine groups is 1. The zero-order chi connectivity index (χ0) is 20.6. The third-order valence-electron chi connectivity index (χ3n) is 4.02. The van der Waals surface area contributed by atoms with Gasteiger partial charge in [0, 0.05) is 13.1 Å². The fourth-order valence-corrected chi connectivity index (χ4v) is 3.53. The van der Waals surface area contributed by atoms with Crippen molar-refractivity contribution in [2.75, 3.05) is 6.54 Å². The largest absolute Gasteiger partial charge is 0.370 e. The van der Waals surface area contributed by atoms with Crippen LogP contribution in [-0.4, -0.2) is 20.9 Å². The third kappa shape index (κ3) is 9.09. The number of rotatable bonds is 9. The van der Waals surface area contributed by atoms with Crippen molar-refractivity contribution < 1.29 is 12.8 Å². The van der Waals surface area contributed by atoms with Gasteiger partial charge in [-0.25, -0.2) is 22.5 Å². The summed E-state index contributed by atoms with van der Waals surface area (Å²) < 4.78 is 40.7. The van der Waals surface area contributed by atoms with Crippen LogP contribution in [0.5, 0.6) is 0 Å². The molecule has 0 heterocycles. The van der Waals surface area contributed by atoms with Gasteiger partial charge in [-0.15, -0.1) is 24.0 Å². The smallest absolute Gasteiger partial charge is 0.240 e. The molecular weight excluding hydrogens is 506 g/mol. The molecule has 0 atom stereocenters. The maximum absolute atomic E-state index is 13.2. The molecule has 0 saturated carbocycles. The van der Waals surface area contributed by atoms with E-state index in [1.165, 1.54) is 24.3 Å². The van der Waals surface area contributed by atoms with E-state index in [1.807, 2.05) is 0 Å². The van der Waals surface area contributed by atoms with Crippen LogP contribution in [0.1, 0.15) is 31.4 Å². The van der Waals surface area contributed by atoms with Crippen LogP contribution in [0.4, 0.5) is 4.39 Å². The minimum Gasteiger partial charge on any atom is -0.370 e. The van der Waals surface area contributed by atoms with Crippen molar-refractivity contribution in [1.29, 1.82) is 0 Å². The van der Waals surface area contributed by atoms with E-state index < -0.39 is 15.8 Å². The predicted octanol–water partition coefficient (Wildman–Crippen LogP) is 3.37. The molecule has 9 heteroatoms. The molecule has 2 aromatic rings. The van der Waals surface area contributed by atoms with Crippen LogP contribution in [0.15, 0.2) is 58.4 Å². The predicted molar refractivity (Wildman–Crippen MR) is 125 cm³/mol. The molecule has 0 aliphatic rings. The first-order valence-electron chi connectivity index (χ1n) is 9.13. The monoisotopic (exact) mass is 534 g/mol. The summed E-state index contributed by atoms with van der Waals surface area (Å²) in [6, 6.07) is 12.3. The van der Waals surface area contributed by atoms with Gasteiger partial charge in [0.2, 0.25) is 10.0 Å². The van der Waals surface area contributed by atoms with Gasteiger partial charge >= 0.3 is 0 Å². The van der Waals surface area contributed by atoms with E-state index in [2.05, 4.69) is 28.9 Å². The summed E-state index contributed by atoms with van der Waals surface area (Å²) in [5, 5.41) is 3.04. The first-order valence-corrected chi connectivity index (χ1v) is 10.6. The van der Waals surface area contributed by atoms with Crippen LogP contribution in [0, 0.1) is 11.7 Å². The van der Waals surface area contributed by atoms with Crippen molar-refractivity contribution in [3.63, 3.8) is 0 Å². The molecule has 0 aromatic heterocycles. The summed E-state index contributed by atoms with van der Waals surface area (Å²) in [6.07, 6.45) is 0.987. The topological polar surface area (TPSA) is 96.6 Å². The lowest BCUT2D eigenvalue weighted by Gasteiger charge is -2.09. The van der Waals surface area contributed by atoms with Crippen molar-refractivity contribution in [2.45, 2.75) is 38.3 Å². The number of nitrogens with two attached hydrogens (primary N) is 1. The van der Waals surface area contributed by atoms with Gasteiger partial charge < -0.3 is 11.1 Å². The number of aliphatic imine (C=N–C) groups is 1. The standard InChI is InChI=1S/C20H27FN4O2S.HI/c1-15(2)9-10-23-20(22)24-13-17-6-4-8-19(12-17)28(26,27)25-14-16-5-3-7-18(21)11-16;/h3-8,11-12,15,25H,9-10,13-14H2,1-2H3,(H3,22,23,24);1H. The number of nitrogens with zero attached hydrogens (tertiary/aromatic N) is 1. The second kappa shape index (κ2) is 12.1. The molecule has 6 nitrogen and oxygen atoms in total. The lowest BCUT2D eigenvalue weighted by Crippen LogP contribution is -2.32. The average molecular weight is 534 g/mol. The Morgan fingerprint density at radius 2 is 1.83 bits per heavy atom.